The van der Waals surface area contributed by atoms with Gasteiger partial charge in [-0.2, -0.15) is 4.31 Å². The molecule has 0 aromatic heterocycles. The number of benzene rings is 2. The maximum Gasteiger partial charge on any atom is 0.243 e. The van der Waals surface area contributed by atoms with Crippen molar-refractivity contribution < 1.29 is 22.7 Å². The van der Waals surface area contributed by atoms with Crippen LogP contribution in [0.1, 0.15) is 37.8 Å². The summed E-state index contributed by atoms with van der Waals surface area (Å²) in [5.41, 5.74) is 1.05. The topological polar surface area (TPSA) is 84.9 Å². The quantitative estimate of drug-likeness (QED) is 0.766. The zero-order valence-electron chi connectivity index (χ0n) is 17.6. The molecule has 0 radical (unpaired) electrons. The van der Waals surface area contributed by atoms with Crippen molar-refractivity contribution in [1.29, 1.82) is 0 Å². The van der Waals surface area contributed by atoms with Crippen LogP contribution in [0.2, 0.25) is 0 Å². The number of hydrogen-bond donors (Lipinski definition) is 1. The van der Waals surface area contributed by atoms with E-state index >= 15 is 0 Å². The van der Waals surface area contributed by atoms with Crippen molar-refractivity contribution >= 4 is 15.9 Å². The Hall–Kier alpha value is -2.58. The zero-order chi connectivity index (χ0) is 21.8. The number of carbonyl (C=O) groups excluding carboxylic acids is 1. The lowest BCUT2D eigenvalue weighted by atomic mass is 9.96. The lowest BCUT2D eigenvalue weighted by Gasteiger charge is -2.31. The van der Waals surface area contributed by atoms with Gasteiger partial charge in [0.05, 0.1) is 24.2 Å². The summed E-state index contributed by atoms with van der Waals surface area (Å²) in [4.78, 5) is 12.9. The monoisotopic (exact) mass is 444 g/mol. The van der Waals surface area contributed by atoms with Crippen molar-refractivity contribution in [3.63, 3.8) is 0 Å². The van der Waals surface area contributed by atoms with E-state index in [1.165, 1.54) is 10.4 Å². The molecule has 1 fully saturated rings. The summed E-state index contributed by atoms with van der Waals surface area (Å²) in [6.07, 6.45) is 1.75. The molecule has 1 atom stereocenters. The van der Waals surface area contributed by atoms with Crippen LogP contribution >= 0.6 is 0 Å². The number of fused-ring (bicyclic) bond motifs is 1. The average Bonchev–Trinajstić information content (AvgIpc) is 3.04. The molecule has 2 aromatic carbocycles. The maximum atomic E-state index is 13.1. The number of nitrogens with zero attached hydrogens (tertiary/aromatic N) is 1. The van der Waals surface area contributed by atoms with Crippen LogP contribution in [0.3, 0.4) is 0 Å². The average molecular weight is 445 g/mol. The molecular weight excluding hydrogens is 416 g/mol. The van der Waals surface area contributed by atoms with Crippen LogP contribution in [0.5, 0.6) is 11.5 Å². The lowest BCUT2D eigenvalue weighted by Crippen LogP contribution is -2.43. The molecule has 7 nitrogen and oxygen atoms in total. The zero-order valence-corrected chi connectivity index (χ0v) is 18.4. The van der Waals surface area contributed by atoms with Crippen molar-refractivity contribution in [2.45, 2.75) is 37.1 Å². The highest BCUT2D eigenvalue weighted by Crippen LogP contribution is 2.33. The van der Waals surface area contributed by atoms with E-state index in [9.17, 15) is 13.2 Å². The highest BCUT2D eigenvalue weighted by molar-refractivity contribution is 7.89. The molecule has 0 spiro atoms. The van der Waals surface area contributed by atoms with Gasteiger partial charge < -0.3 is 14.8 Å². The summed E-state index contributed by atoms with van der Waals surface area (Å²) < 4.78 is 38.9. The third kappa shape index (κ3) is 4.85. The molecule has 8 heteroatoms. The number of hydrogen-bond acceptors (Lipinski definition) is 5. The standard InChI is InChI=1S/C23H28N2O5S/c1-17(18-6-3-2-4-7-18)24-23(26)19-10-12-25(13-11-19)31(27,28)20-8-9-21-22(16-20)30-15-5-14-29-21/h2-4,6-9,16-17,19H,5,10-15H2,1H3,(H,24,26)/t17-/m1/s1. The molecule has 2 aliphatic rings. The van der Waals surface area contributed by atoms with Crippen LogP contribution in [0, 0.1) is 5.92 Å². The van der Waals surface area contributed by atoms with Crippen LogP contribution in [-0.2, 0) is 14.8 Å². The Bertz CT molecular complexity index is 1020. The van der Waals surface area contributed by atoms with Gasteiger partial charge in [-0.25, -0.2) is 8.42 Å². The normalized spacial score (nSPS) is 18.7. The van der Waals surface area contributed by atoms with Gasteiger partial charge in [0.2, 0.25) is 15.9 Å². The third-order valence-corrected chi connectivity index (χ3v) is 7.73. The summed E-state index contributed by atoms with van der Waals surface area (Å²) in [6.45, 7) is 3.63. The van der Waals surface area contributed by atoms with Crippen molar-refractivity contribution in [2.75, 3.05) is 26.3 Å². The highest BCUT2D eigenvalue weighted by atomic mass is 32.2. The van der Waals surface area contributed by atoms with Gasteiger partial charge in [0.15, 0.2) is 11.5 Å². The first-order valence-corrected chi connectivity index (χ1v) is 12.1. The largest absolute Gasteiger partial charge is 0.490 e. The van der Waals surface area contributed by atoms with Gasteiger partial charge in [-0.05, 0) is 37.5 Å². The van der Waals surface area contributed by atoms with Crippen LogP contribution in [-0.4, -0.2) is 44.9 Å². The molecule has 31 heavy (non-hydrogen) atoms. The van der Waals surface area contributed by atoms with E-state index in [1.54, 1.807) is 12.1 Å². The molecule has 0 saturated carbocycles. The van der Waals surface area contributed by atoms with E-state index in [0.717, 1.165) is 12.0 Å². The van der Waals surface area contributed by atoms with Gasteiger partial charge in [0.25, 0.3) is 0 Å². The fraction of sp³-hybridized carbons (Fsp3) is 0.435. The summed E-state index contributed by atoms with van der Waals surface area (Å²) in [5.74, 6) is 0.812. The second-order valence-electron chi connectivity index (χ2n) is 7.98. The molecule has 1 N–H and O–H groups in total. The number of carbonyl (C=O) groups is 1. The Kier molecular flexibility index (Phi) is 6.48. The Morgan fingerprint density at radius 3 is 2.42 bits per heavy atom. The van der Waals surface area contributed by atoms with Crippen LogP contribution in [0.25, 0.3) is 0 Å². The molecule has 166 valence electrons. The molecule has 0 unspecified atom stereocenters. The number of piperidine rings is 1. The first-order valence-electron chi connectivity index (χ1n) is 10.7. The van der Waals surface area contributed by atoms with E-state index in [1.807, 2.05) is 37.3 Å². The smallest absolute Gasteiger partial charge is 0.243 e. The van der Waals surface area contributed by atoms with Crippen LogP contribution < -0.4 is 14.8 Å². The molecule has 2 heterocycles. The molecule has 0 bridgehead atoms. The van der Waals surface area contributed by atoms with Crippen molar-refractivity contribution in [2.24, 2.45) is 5.92 Å². The van der Waals surface area contributed by atoms with Crippen LogP contribution in [0.15, 0.2) is 53.4 Å². The first-order chi connectivity index (χ1) is 14.9. The summed E-state index contributed by atoms with van der Waals surface area (Å²) >= 11 is 0. The SMILES string of the molecule is C[C@@H](NC(=O)C1CCN(S(=O)(=O)c2ccc3c(c2)OCCCO3)CC1)c1ccccc1. The minimum atomic E-state index is -3.66. The fourth-order valence-electron chi connectivity index (χ4n) is 3.97. The maximum absolute atomic E-state index is 13.1. The van der Waals surface area contributed by atoms with Gasteiger partial charge in [0, 0.05) is 31.5 Å². The van der Waals surface area contributed by atoms with Crippen molar-refractivity contribution in [1.82, 2.24) is 9.62 Å². The Labute approximate surface area is 183 Å². The Morgan fingerprint density at radius 1 is 1.03 bits per heavy atom. The minimum Gasteiger partial charge on any atom is -0.490 e. The number of ether oxygens (including phenoxy) is 2. The van der Waals surface area contributed by atoms with Gasteiger partial charge in [0.1, 0.15) is 0 Å². The molecule has 2 aliphatic heterocycles. The minimum absolute atomic E-state index is 0.0241. The molecular formula is C23H28N2O5S. The Morgan fingerprint density at radius 2 is 1.71 bits per heavy atom. The summed E-state index contributed by atoms with van der Waals surface area (Å²) in [5, 5.41) is 3.05. The second-order valence-corrected chi connectivity index (χ2v) is 9.92. The van der Waals surface area contributed by atoms with Gasteiger partial charge in [-0.1, -0.05) is 30.3 Å². The lowest BCUT2D eigenvalue weighted by molar-refractivity contribution is -0.126. The fourth-order valence-corrected chi connectivity index (χ4v) is 5.45. The predicted octanol–water partition coefficient (Wildman–Crippen LogP) is 3.13. The van der Waals surface area contributed by atoms with Gasteiger partial charge >= 0.3 is 0 Å². The van der Waals surface area contributed by atoms with Crippen molar-refractivity contribution in [3.05, 3.63) is 54.1 Å². The molecule has 1 amide bonds. The number of amides is 1. The molecule has 1 saturated heterocycles. The number of sulfonamides is 1. The number of rotatable bonds is 5. The van der Waals surface area contributed by atoms with Gasteiger partial charge in [-0.15, -0.1) is 0 Å². The van der Waals surface area contributed by atoms with Crippen molar-refractivity contribution in [3.8, 4) is 11.5 Å². The number of nitrogens with one attached hydrogen (secondary N) is 1. The molecule has 0 aliphatic carbocycles. The Balaban J connectivity index is 1.38. The van der Waals surface area contributed by atoms with E-state index in [4.69, 9.17) is 9.47 Å². The van der Waals surface area contributed by atoms with E-state index in [0.29, 0.717) is 50.6 Å². The first kappa shape index (κ1) is 21.6. The predicted molar refractivity (Wildman–Crippen MR) is 117 cm³/mol. The summed E-state index contributed by atoms with van der Waals surface area (Å²) in [7, 11) is -3.66. The molecule has 2 aromatic rings. The van der Waals surface area contributed by atoms with E-state index in [2.05, 4.69) is 5.32 Å². The van der Waals surface area contributed by atoms with Crippen LogP contribution in [0.4, 0.5) is 0 Å². The van der Waals surface area contributed by atoms with E-state index < -0.39 is 10.0 Å². The summed E-state index contributed by atoms with van der Waals surface area (Å²) in [6, 6.07) is 14.5. The third-order valence-electron chi connectivity index (χ3n) is 5.84. The molecule has 4 rings (SSSR count). The van der Waals surface area contributed by atoms with Gasteiger partial charge in [-0.3, -0.25) is 4.79 Å². The van der Waals surface area contributed by atoms with E-state index in [-0.39, 0.29) is 22.8 Å². The second kappa shape index (κ2) is 9.28. The highest BCUT2D eigenvalue weighted by Gasteiger charge is 2.33.